The summed E-state index contributed by atoms with van der Waals surface area (Å²) in [6.07, 6.45) is 2.81. The number of amides is 3. The minimum atomic E-state index is -0.353. The Hall–Kier alpha value is -2.37. The Balaban J connectivity index is 1.96. The summed E-state index contributed by atoms with van der Waals surface area (Å²) in [7, 11) is 0. The van der Waals surface area contributed by atoms with Crippen molar-refractivity contribution in [3.63, 3.8) is 0 Å². The largest absolute Gasteiger partial charge is 0.355 e. The van der Waals surface area contributed by atoms with Gasteiger partial charge in [-0.25, -0.2) is 0 Å². The van der Waals surface area contributed by atoms with Gasteiger partial charge in [-0.05, 0) is 30.7 Å². The number of benzene rings is 1. The third-order valence-corrected chi connectivity index (χ3v) is 3.91. The molecule has 1 unspecified atom stereocenters. The fraction of sp³-hybridized carbons (Fsp3) is 0.471. The van der Waals surface area contributed by atoms with E-state index in [4.69, 9.17) is 0 Å². The van der Waals surface area contributed by atoms with Gasteiger partial charge < -0.3 is 16.0 Å². The van der Waals surface area contributed by atoms with Crippen LogP contribution < -0.4 is 16.0 Å². The van der Waals surface area contributed by atoms with Gasteiger partial charge >= 0.3 is 0 Å². The third-order valence-electron chi connectivity index (χ3n) is 3.91. The standard InChI is InChI=1S/C17H23N3O3/c21-15-7-6-14(10-13-4-2-1-3-5-13)8-9-18-16(22)11-20-17(23)12-19-15/h1-5,14H,6-12H2,(H,18,22)(H,19,21)(H,20,23). The second-order valence-corrected chi connectivity index (χ2v) is 5.79. The first kappa shape index (κ1) is 17.0. The minimum absolute atomic E-state index is 0.0575. The maximum Gasteiger partial charge on any atom is 0.239 e. The van der Waals surface area contributed by atoms with Gasteiger partial charge in [0.15, 0.2) is 0 Å². The first-order valence-electron chi connectivity index (χ1n) is 7.97. The van der Waals surface area contributed by atoms with Crippen molar-refractivity contribution < 1.29 is 14.4 Å². The summed E-state index contributed by atoms with van der Waals surface area (Å²) in [6, 6.07) is 10.1. The van der Waals surface area contributed by atoms with Crippen LogP contribution in [-0.2, 0) is 20.8 Å². The molecule has 1 aromatic carbocycles. The minimum Gasteiger partial charge on any atom is -0.355 e. The zero-order chi connectivity index (χ0) is 16.5. The van der Waals surface area contributed by atoms with Crippen LogP contribution in [0.1, 0.15) is 24.8 Å². The van der Waals surface area contributed by atoms with E-state index >= 15 is 0 Å². The monoisotopic (exact) mass is 317 g/mol. The van der Waals surface area contributed by atoms with Crippen molar-refractivity contribution in [2.24, 2.45) is 5.92 Å². The molecule has 1 aliphatic heterocycles. The third kappa shape index (κ3) is 6.50. The molecular formula is C17H23N3O3. The topological polar surface area (TPSA) is 87.3 Å². The van der Waals surface area contributed by atoms with Gasteiger partial charge in [-0.15, -0.1) is 0 Å². The van der Waals surface area contributed by atoms with E-state index in [1.807, 2.05) is 18.2 Å². The molecule has 2 rings (SSSR count). The molecule has 1 aromatic rings. The summed E-state index contributed by atoms with van der Waals surface area (Å²) in [4.78, 5) is 34.9. The summed E-state index contributed by atoms with van der Waals surface area (Å²) in [5.41, 5.74) is 1.23. The van der Waals surface area contributed by atoms with Gasteiger partial charge in [0.05, 0.1) is 13.1 Å². The lowest BCUT2D eigenvalue weighted by atomic mass is 9.91. The van der Waals surface area contributed by atoms with Crippen molar-refractivity contribution in [3.8, 4) is 0 Å². The van der Waals surface area contributed by atoms with Crippen LogP contribution in [0.4, 0.5) is 0 Å². The van der Waals surface area contributed by atoms with Gasteiger partial charge in [0.25, 0.3) is 0 Å². The van der Waals surface area contributed by atoms with Crippen LogP contribution in [-0.4, -0.2) is 37.4 Å². The van der Waals surface area contributed by atoms with E-state index in [1.54, 1.807) is 0 Å². The maximum absolute atomic E-state index is 11.8. The summed E-state index contributed by atoms with van der Waals surface area (Å²) in [5.74, 6) is -0.374. The number of hydrogen-bond acceptors (Lipinski definition) is 3. The van der Waals surface area contributed by atoms with Crippen molar-refractivity contribution in [3.05, 3.63) is 35.9 Å². The van der Waals surface area contributed by atoms with E-state index in [1.165, 1.54) is 5.56 Å². The average Bonchev–Trinajstić information content (AvgIpc) is 2.57. The lowest BCUT2D eigenvalue weighted by Crippen LogP contribution is -2.41. The molecule has 0 aliphatic carbocycles. The lowest BCUT2D eigenvalue weighted by Gasteiger charge is -2.17. The normalized spacial score (nSPS) is 21.0. The molecule has 1 saturated heterocycles. The molecule has 0 saturated carbocycles. The van der Waals surface area contributed by atoms with Crippen molar-refractivity contribution in [2.45, 2.75) is 25.7 Å². The molecule has 3 amide bonds. The highest BCUT2D eigenvalue weighted by molar-refractivity contribution is 5.88. The van der Waals surface area contributed by atoms with Gasteiger partial charge in [-0.3, -0.25) is 14.4 Å². The van der Waals surface area contributed by atoms with E-state index < -0.39 is 0 Å². The SMILES string of the molecule is O=C1CCC(Cc2ccccc2)CCNC(=O)CNC(=O)CN1. The molecule has 0 spiro atoms. The molecule has 6 nitrogen and oxygen atoms in total. The summed E-state index contributed by atoms with van der Waals surface area (Å²) in [6.45, 7) is 0.404. The van der Waals surface area contributed by atoms with Crippen LogP contribution in [0.5, 0.6) is 0 Å². The number of carbonyl (C=O) groups is 3. The molecule has 124 valence electrons. The molecular weight excluding hydrogens is 294 g/mol. The van der Waals surface area contributed by atoms with E-state index in [-0.39, 0.29) is 30.8 Å². The second-order valence-electron chi connectivity index (χ2n) is 5.79. The molecule has 1 heterocycles. The second kappa shape index (κ2) is 8.92. The van der Waals surface area contributed by atoms with E-state index in [2.05, 4.69) is 28.1 Å². The Bertz CT molecular complexity index is 545. The zero-order valence-corrected chi connectivity index (χ0v) is 13.1. The zero-order valence-electron chi connectivity index (χ0n) is 13.1. The first-order valence-corrected chi connectivity index (χ1v) is 7.97. The molecule has 0 radical (unpaired) electrons. The van der Waals surface area contributed by atoms with Crippen molar-refractivity contribution >= 4 is 17.7 Å². The quantitative estimate of drug-likeness (QED) is 0.737. The van der Waals surface area contributed by atoms with Crippen molar-refractivity contribution in [2.75, 3.05) is 19.6 Å². The number of carbonyl (C=O) groups excluding carboxylic acids is 3. The van der Waals surface area contributed by atoms with E-state index in [0.29, 0.717) is 18.9 Å². The van der Waals surface area contributed by atoms with Gasteiger partial charge in [0.2, 0.25) is 17.7 Å². The molecule has 3 N–H and O–H groups in total. The summed E-state index contributed by atoms with van der Waals surface area (Å²) in [5, 5.41) is 7.87. The van der Waals surface area contributed by atoms with Gasteiger partial charge in [0.1, 0.15) is 0 Å². The van der Waals surface area contributed by atoms with Crippen LogP contribution in [0.25, 0.3) is 0 Å². The highest BCUT2D eigenvalue weighted by Crippen LogP contribution is 2.17. The highest BCUT2D eigenvalue weighted by Gasteiger charge is 2.15. The van der Waals surface area contributed by atoms with E-state index in [9.17, 15) is 14.4 Å². The molecule has 0 bridgehead atoms. The van der Waals surface area contributed by atoms with Gasteiger partial charge in [-0.2, -0.15) is 0 Å². The predicted molar refractivity (Wildman–Crippen MR) is 86.5 cm³/mol. The number of rotatable bonds is 2. The van der Waals surface area contributed by atoms with E-state index in [0.717, 1.165) is 19.3 Å². The van der Waals surface area contributed by atoms with Crippen LogP contribution in [0.2, 0.25) is 0 Å². The number of hydrogen-bond donors (Lipinski definition) is 3. The van der Waals surface area contributed by atoms with Crippen LogP contribution in [0, 0.1) is 5.92 Å². The lowest BCUT2D eigenvalue weighted by molar-refractivity contribution is -0.127. The molecule has 23 heavy (non-hydrogen) atoms. The summed E-state index contributed by atoms with van der Waals surface area (Å²) >= 11 is 0. The smallest absolute Gasteiger partial charge is 0.239 e. The summed E-state index contributed by atoms with van der Waals surface area (Å²) < 4.78 is 0. The van der Waals surface area contributed by atoms with Crippen LogP contribution in [0.3, 0.4) is 0 Å². The molecule has 0 aromatic heterocycles. The Morgan fingerprint density at radius 2 is 1.48 bits per heavy atom. The maximum atomic E-state index is 11.8. The molecule has 1 aliphatic rings. The Kier molecular flexibility index (Phi) is 6.59. The van der Waals surface area contributed by atoms with Gasteiger partial charge in [-0.1, -0.05) is 30.3 Å². The average molecular weight is 317 g/mol. The van der Waals surface area contributed by atoms with Crippen LogP contribution in [0.15, 0.2) is 30.3 Å². The fourth-order valence-electron chi connectivity index (χ4n) is 2.62. The molecule has 1 fully saturated rings. The fourth-order valence-corrected chi connectivity index (χ4v) is 2.62. The van der Waals surface area contributed by atoms with Crippen LogP contribution >= 0.6 is 0 Å². The van der Waals surface area contributed by atoms with Gasteiger partial charge in [0, 0.05) is 13.0 Å². The first-order chi connectivity index (χ1) is 11.1. The predicted octanol–water partition coefficient (Wildman–Crippen LogP) is 0.378. The molecule has 1 atom stereocenters. The highest BCUT2D eigenvalue weighted by atomic mass is 16.2. The Labute approximate surface area is 136 Å². The van der Waals surface area contributed by atoms with Crippen molar-refractivity contribution in [1.82, 2.24) is 16.0 Å². The van der Waals surface area contributed by atoms with Crippen molar-refractivity contribution in [1.29, 1.82) is 0 Å². The Morgan fingerprint density at radius 1 is 0.826 bits per heavy atom. The Morgan fingerprint density at radius 3 is 2.22 bits per heavy atom. The molecule has 6 heteroatoms. The number of nitrogens with one attached hydrogen (secondary N) is 3.